The number of ether oxygens (including phenoxy) is 2. The molecule has 0 saturated heterocycles. The second-order valence-electron chi connectivity index (χ2n) is 7.97. The summed E-state index contributed by atoms with van der Waals surface area (Å²) < 4.78 is 11.5. The van der Waals surface area contributed by atoms with E-state index in [9.17, 15) is 4.79 Å². The average Bonchev–Trinajstić information content (AvgIpc) is 2.87. The van der Waals surface area contributed by atoms with Gasteiger partial charge in [0.2, 0.25) is 0 Å². The topological polar surface area (TPSA) is 59.9 Å². The third kappa shape index (κ3) is 8.91. The number of nitrogens with one attached hydrogen (secondary N) is 1. The van der Waals surface area contributed by atoms with Gasteiger partial charge in [0.1, 0.15) is 18.1 Å². The molecule has 0 aliphatic carbocycles. The number of hydrogen-bond acceptors (Lipinski definition) is 4. The number of unbranched alkanes of at least 4 members (excludes halogenated alkanes) is 4. The van der Waals surface area contributed by atoms with E-state index in [1.807, 2.05) is 48.5 Å². The maximum atomic E-state index is 12.3. The molecule has 1 amide bonds. The Morgan fingerprint density at radius 1 is 0.853 bits per heavy atom. The first-order valence-corrected chi connectivity index (χ1v) is 12.1. The summed E-state index contributed by atoms with van der Waals surface area (Å²) in [4.78, 5) is 12.3. The van der Waals surface area contributed by atoms with Gasteiger partial charge in [-0.25, -0.2) is 5.43 Å². The molecule has 5 nitrogen and oxygen atoms in total. The van der Waals surface area contributed by atoms with E-state index in [1.54, 1.807) is 30.5 Å². The Morgan fingerprint density at radius 3 is 2.21 bits per heavy atom. The molecule has 0 aromatic heterocycles. The largest absolute Gasteiger partial charge is 0.494 e. The van der Waals surface area contributed by atoms with Crippen molar-refractivity contribution in [3.63, 3.8) is 0 Å². The molecule has 6 heteroatoms. The van der Waals surface area contributed by atoms with Crippen LogP contribution < -0.4 is 14.9 Å². The normalized spacial score (nSPS) is 10.9. The lowest BCUT2D eigenvalue weighted by Gasteiger charge is -2.07. The molecule has 0 heterocycles. The first-order valence-electron chi connectivity index (χ1n) is 11.7. The molecule has 3 aromatic carbocycles. The summed E-state index contributed by atoms with van der Waals surface area (Å²) in [6.45, 7) is 3.37. The van der Waals surface area contributed by atoms with E-state index in [1.165, 1.54) is 25.7 Å². The van der Waals surface area contributed by atoms with Crippen LogP contribution in [0.3, 0.4) is 0 Å². The van der Waals surface area contributed by atoms with Gasteiger partial charge in [0.05, 0.1) is 12.8 Å². The number of halogens is 1. The van der Waals surface area contributed by atoms with Gasteiger partial charge in [0, 0.05) is 10.6 Å². The van der Waals surface area contributed by atoms with E-state index in [-0.39, 0.29) is 5.91 Å². The van der Waals surface area contributed by atoms with Crippen LogP contribution in [0.25, 0.3) is 0 Å². The predicted octanol–water partition coefficient (Wildman–Crippen LogP) is 7.03. The van der Waals surface area contributed by atoms with Crippen LogP contribution in [0.5, 0.6) is 11.5 Å². The molecule has 178 valence electrons. The first-order chi connectivity index (χ1) is 16.6. The molecule has 1 N–H and O–H groups in total. The second kappa shape index (κ2) is 14.1. The number of rotatable bonds is 13. The molecule has 0 unspecified atom stereocenters. The molecule has 0 fully saturated rings. The van der Waals surface area contributed by atoms with Crippen LogP contribution in [-0.2, 0) is 6.61 Å². The summed E-state index contributed by atoms with van der Waals surface area (Å²) in [5.74, 6) is 1.23. The highest BCUT2D eigenvalue weighted by Gasteiger charge is 2.05. The van der Waals surface area contributed by atoms with Gasteiger partial charge in [-0.3, -0.25) is 4.79 Å². The summed E-state index contributed by atoms with van der Waals surface area (Å²) in [7, 11) is 0. The van der Waals surface area contributed by atoms with Gasteiger partial charge in [-0.15, -0.1) is 0 Å². The molecular weight excluding hydrogens is 448 g/mol. The quantitative estimate of drug-likeness (QED) is 0.163. The van der Waals surface area contributed by atoms with E-state index in [4.69, 9.17) is 21.1 Å². The van der Waals surface area contributed by atoms with Crippen molar-refractivity contribution >= 4 is 23.7 Å². The summed E-state index contributed by atoms with van der Waals surface area (Å²) in [5.41, 5.74) is 4.94. The monoisotopic (exact) mass is 478 g/mol. The van der Waals surface area contributed by atoms with Gasteiger partial charge in [0.15, 0.2) is 0 Å². The van der Waals surface area contributed by atoms with E-state index in [0.29, 0.717) is 22.9 Å². The highest BCUT2D eigenvalue weighted by Crippen LogP contribution is 2.16. The third-order valence-electron chi connectivity index (χ3n) is 5.21. The smallest absolute Gasteiger partial charge is 0.271 e. The Kier molecular flexibility index (Phi) is 10.5. The van der Waals surface area contributed by atoms with Gasteiger partial charge in [0.25, 0.3) is 5.91 Å². The Hall–Kier alpha value is -3.31. The number of hydrazone groups is 1. The van der Waals surface area contributed by atoms with Crippen LogP contribution in [0.4, 0.5) is 0 Å². The Morgan fingerprint density at radius 2 is 1.50 bits per heavy atom. The van der Waals surface area contributed by atoms with Crippen molar-refractivity contribution in [3.05, 3.63) is 94.5 Å². The average molecular weight is 479 g/mol. The van der Waals surface area contributed by atoms with E-state index >= 15 is 0 Å². The summed E-state index contributed by atoms with van der Waals surface area (Å²) >= 11 is 5.89. The number of carbonyl (C=O) groups is 1. The van der Waals surface area contributed by atoms with Crippen LogP contribution in [0.1, 0.15) is 60.5 Å². The highest BCUT2D eigenvalue weighted by atomic mass is 35.5. The van der Waals surface area contributed by atoms with Crippen molar-refractivity contribution in [2.45, 2.75) is 45.6 Å². The lowest BCUT2D eigenvalue weighted by atomic mass is 10.2. The number of amides is 1. The van der Waals surface area contributed by atoms with Crippen molar-refractivity contribution in [1.82, 2.24) is 5.43 Å². The second-order valence-corrected chi connectivity index (χ2v) is 8.41. The summed E-state index contributed by atoms with van der Waals surface area (Å²) in [5, 5.41) is 4.74. The first kappa shape index (κ1) is 25.3. The van der Waals surface area contributed by atoms with Crippen molar-refractivity contribution < 1.29 is 14.3 Å². The van der Waals surface area contributed by atoms with Gasteiger partial charge in [-0.05, 0) is 78.2 Å². The number of hydrogen-bond donors (Lipinski definition) is 1. The van der Waals surface area contributed by atoms with Crippen LogP contribution >= 0.6 is 11.6 Å². The number of carbonyl (C=O) groups excluding carboxylic acids is 1. The molecule has 0 bridgehead atoms. The maximum Gasteiger partial charge on any atom is 0.271 e. The summed E-state index contributed by atoms with van der Waals surface area (Å²) in [6, 6.07) is 22.1. The molecule has 0 spiro atoms. The van der Waals surface area contributed by atoms with E-state index in [2.05, 4.69) is 17.5 Å². The zero-order chi connectivity index (χ0) is 24.0. The number of nitrogens with zero attached hydrogens (tertiary/aromatic N) is 1. The highest BCUT2D eigenvalue weighted by molar-refractivity contribution is 6.30. The minimum absolute atomic E-state index is 0.288. The van der Waals surface area contributed by atoms with Crippen LogP contribution in [-0.4, -0.2) is 18.7 Å². The van der Waals surface area contributed by atoms with E-state index < -0.39 is 0 Å². The molecular formula is C28H31ClN2O3. The molecule has 0 radical (unpaired) electrons. The van der Waals surface area contributed by atoms with Crippen molar-refractivity contribution in [2.24, 2.45) is 5.10 Å². The van der Waals surface area contributed by atoms with Gasteiger partial charge >= 0.3 is 0 Å². The molecule has 0 atom stereocenters. The summed E-state index contributed by atoms with van der Waals surface area (Å²) in [6.07, 6.45) is 7.69. The zero-order valence-corrected chi connectivity index (χ0v) is 20.3. The Bertz CT molecular complexity index is 1030. The van der Waals surface area contributed by atoms with Gasteiger partial charge in [-0.1, -0.05) is 56.3 Å². The Balaban J connectivity index is 1.39. The van der Waals surface area contributed by atoms with Crippen LogP contribution in [0.2, 0.25) is 5.02 Å². The third-order valence-corrected chi connectivity index (χ3v) is 5.46. The maximum absolute atomic E-state index is 12.3. The SMILES string of the molecule is CCCCCCCOc1ccc(/C=N/NC(=O)c2ccc(OCc3ccc(Cl)cc3)cc2)cc1. The van der Waals surface area contributed by atoms with Crippen LogP contribution in [0.15, 0.2) is 77.9 Å². The van der Waals surface area contributed by atoms with Crippen LogP contribution in [0, 0.1) is 0 Å². The molecule has 0 aliphatic rings. The predicted molar refractivity (Wildman–Crippen MR) is 138 cm³/mol. The standard InChI is InChI=1S/C28H31ClN2O3/c1-2-3-4-5-6-19-33-26-15-9-22(10-16-26)20-30-31-28(32)24-11-17-27(18-12-24)34-21-23-7-13-25(29)14-8-23/h7-18,20H,2-6,19,21H2,1H3,(H,31,32)/b30-20+. The number of benzene rings is 3. The fourth-order valence-electron chi connectivity index (χ4n) is 3.23. The minimum Gasteiger partial charge on any atom is -0.494 e. The van der Waals surface area contributed by atoms with Crippen molar-refractivity contribution in [2.75, 3.05) is 6.61 Å². The fraction of sp³-hybridized carbons (Fsp3) is 0.286. The minimum atomic E-state index is -0.288. The van der Waals surface area contributed by atoms with Crippen molar-refractivity contribution in [1.29, 1.82) is 0 Å². The van der Waals surface area contributed by atoms with Gasteiger partial charge in [-0.2, -0.15) is 5.10 Å². The molecule has 3 aromatic rings. The Labute approximate surface area is 206 Å². The van der Waals surface area contributed by atoms with E-state index in [0.717, 1.165) is 29.9 Å². The lowest BCUT2D eigenvalue weighted by Crippen LogP contribution is -2.17. The molecule has 0 saturated carbocycles. The zero-order valence-electron chi connectivity index (χ0n) is 19.5. The molecule has 3 rings (SSSR count). The molecule has 34 heavy (non-hydrogen) atoms. The van der Waals surface area contributed by atoms with Crippen molar-refractivity contribution in [3.8, 4) is 11.5 Å². The fourth-order valence-corrected chi connectivity index (χ4v) is 3.35. The van der Waals surface area contributed by atoms with Gasteiger partial charge < -0.3 is 9.47 Å². The molecule has 0 aliphatic heterocycles. The lowest BCUT2D eigenvalue weighted by molar-refractivity contribution is 0.0955.